The van der Waals surface area contributed by atoms with Crippen LogP contribution in [0.1, 0.15) is 38.1 Å². The molecule has 2 rings (SSSR count). The van der Waals surface area contributed by atoms with E-state index in [4.69, 9.17) is 33.5 Å². The van der Waals surface area contributed by atoms with E-state index in [-0.39, 0.29) is 5.75 Å². The summed E-state index contributed by atoms with van der Waals surface area (Å²) in [4.78, 5) is 57.9. The molecule has 1 aliphatic heterocycles. The molecule has 0 aromatic heterocycles. The van der Waals surface area contributed by atoms with E-state index in [1.54, 1.807) is 0 Å². The summed E-state index contributed by atoms with van der Waals surface area (Å²) in [5.41, 5.74) is -0.793. The number of aromatic carboxylic acids is 1. The molecule has 3 N–H and O–H groups in total. The smallest absolute Gasteiger partial charge is 0.343 e. The molecule has 192 valence electrons. The van der Waals surface area contributed by atoms with Crippen molar-refractivity contribution in [3.8, 4) is 17.2 Å². The molecule has 1 aromatic rings. The van der Waals surface area contributed by atoms with Crippen LogP contribution < -0.4 is 4.74 Å². The van der Waals surface area contributed by atoms with Gasteiger partial charge in [0, 0.05) is 39.8 Å². The van der Waals surface area contributed by atoms with Gasteiger partial charge < -0.3 is 43.7 Å². The molecular formula is C21H24O14. The lowest BCUT2D eigenvalue weighted by Crippen LogP contribution is -2.63. The molecule has 1 heterocycles. The highest BCUT2D eigenvalue weighted by Gasteiger charge is 2.53. The van der Waals surface area contributed by atoms with E-state index >= 15 is 0 Å². The van der Waals surface area contributed by atoms with Crippen LogP contribution in [0.25, 0.3) is 0 Å². The molecule has 5 atom stereocenters. The topological polar surface area (TPSA) is 201 Å². The van der Waals surface area contributed by atoms with E-state index in [0.29, 0.717) is 0 Å². The maximum absolute atomic E-state index is 11.8. The van der Waals surface area contributed by atoms with Gasteiger partial charge >= 0.3 is 29.8 Å². The predicted octanol–water partition coefficient (Wildman–Crippen LogP) is 0.258. The molecule has 0 bridgehead atoms. The molecule has 14 heteroatoms. The van der Waals surface area contributed by atoms with Crippen molar-refractivity contribution >= 4 is 29.8 Å². The lowest BCUT2D eigenvalue weighted by molar-refractivity contribution is -0.288. The Hall–Kier alpha value is -4.07. The Morgan fingerprint density at radius 1 is 0.800 bits per heavy atom. The number of rotatable bonds is 8. The molecule has 1 aromatic carbocycles. The number of hydrogen-bond donors (Lipinski definition) is 3. The van der Waals surface area contributed by atoms with Gasteiger partial charge in [-0.15, -0.1) is 0 Å². The summed E-state index contributed by atoms with van der Waals surface area (Å²) < 4.78 is 31.9. The third-order valence-electron chi connectivity index (χ3n) is 4.48. The maximum Gasteiger partial charge on any atom is 0.343 e. The van der Waals surface area contributed by atoms with Gasteiger partial charge in [0.2, 0.25) is 12.4 Å². The lowest BCUT2D eigenvalue weighted by Gasteiger charge is -2.43. The number of carbonyl (C=O) groups excluding carboxylic acids is 4. The van der Waals surface area contributed by atoms with Gasteiger partial charge in [0.15, 0.2) is 12.2 Å². The SMILES string of the molecule is CC(=O)OCC1OC(Oc2cc(O)c(C(=O)O)c(O)c2)C(OC(C)=O)C(OC(C)=O)C1OC(C)=O. The maximum atomic E-state index is 11.8. The zero-order valence-corrected chi connectivity index (χ0v) is 19.1. The summed E-state index contributed by atoms with van der Waals surface area (Å²) in [5, 5.41) is 29.0. The molecule has 0 saturated carbocycles. The van der Waals surface area contributed by atoms with Gasteiger partial charge in [0.1, 0.15) is 35.5 Å². The van der Waals surface area contributed by atoms with Crippen LogP contribution in [0.2, 0.25) is 0 Å². The standard InChI is InChI=1S/C21H24O14/c1-8(22)30-7-15-17(31-9(2)23)18(32-10(3)24)19(33-11(4)25)21(35-15)34-12-5-13(26)16(20(28)29)14(27)6-12/h5-6,15,17-19,21,26-27H,7H2,1-4H3,(H,28,29). The van der Waals surface area contributed by atoms with Gasteiger partial charge in [-0.05, 0) is 0 Å². The van der Waals surface area contributed by atoms with Crippen molar-refractivity contribution in [2.75, 3.05) is 6.61 Å². The van der Waals surface area contributed by atoms with Gasteiger partial charge in [-0.1, -0.05) is 0 Å². The average Bonchev–Trinajstić information content (AvgIpc) is 2.69. The van der Waals surface area contributed by atoms with Crippen LogP contribution in [0.15, 0.2) is 12.1 Å². The fourth-order valence-electron chi connectivity index (χ4n) is 3.29. The van der Waals surface area contributed by atoms with Gasteiger partial charge in [-0.3, -0.25) is 19.2 Å². The van der Waals surface area contributed by atoms with Crippen molar-refractivity contribution in [1.82, 2.24) is 0 Å². The van der Waals surface area contributed by atoms with Crippen molar-refractivity contribution in [3.05, 3.63) is 17.7 Å². The minimum atomic E-state index is -1.63. The highest BCUT2D eigenvalue weighted by atomic mass is 16.7. The molecule has 1 saturated heterocycles. The molecule has 14 nitrogen and oxygen atoms in total. The molecule has 0 spiro atoms. The van der Waals surface area contributed by atoms with Crippen molar-refractivity contribution in [2.24, 2.45) is 0 Å². The average molecular weight is 500 g/mol. The second-order valence-corrected chi connectivity index (χ2v) is 7.33. The Morgan fingerprint density at radius 2 is 1.29 bits per heavy atom. The Bertz CT molecular complexity index is 979. The van der Waals surface area contributed by atoms with Crippen LogP contribution in [0, 0.1) is 0 Å². The van der Waals surface area contributed by atoms with Crippen molar-refractivity contribution in [2.45, 2.75) is 58.4 Å². The molecule has 0 radical (unpaired) electrons. The van der Waals surface area contributed by atoms with Crippen molar-refractivity contribution in [3.63, 3.8) is 0 Å². The minimum Gasteiger partial charge on any atom is -0.507 e. The van der Waals surface area contributed by atoms with Crippen LogP contribution in [-0.2, 0) is 42.9 Å². The summed E-state index contributed by atoms with van der Waals surface area (Å²) >= 11 is 0. The number of carbonyl (C=O) groups is 5. The first-order valence-electron chi connectivity index (χ1n) is 10.1. The number of esters is 4. The first kappa shape index (κ1) is 27.2. The molecule has 1 fully saturated rings. The van der Waals surface area contributed by atoms with Crippen LogP contribution in [0.5, 0.6) is 17.2 Å². The number of ether oxygens (including phenoxy) is 6. The van der Waals surface area contributed by atoms with Crippen molar-refractivity contribution < 1.29 is 67.7 Å². The first-order valence-corrected chi connectivity index (χ1v) is 10.1. The van der Waals surface area contributed by atoms with Crippen molar-refractivity contribution in [1.29, 1.82) is 0 Å². The number of aromatic hydroxyl groups is 2. The summed E-state index contributed by atoms with van der Waals surface area (Å²) in [7, 11) is 0. The molecule has 0 aliphatic carbocycles. The number of benzene rings is 1. The summed E-state index contributed by atoms with van der Waals surface area (Å²) in [6.45, 7) is 3.76. The predicted molar refractivity (Wildman–Crippen MR) is 109 cm³/mol. The normalized spacial score (nSPS) is 23.5. The Morgan fingerprint density at radius 3 is 1.74 bits per heavy atom. The highest BCUT2D eigenvalue weighted by Crippen LogP contribution is 2.36. The second-order valence-electron chi connectivity index (χ2n) is 7.33. The molecular weight excluding hydrogens is 476 g/mol. The zero-order chi connectivity index (χ0) is 26.4. The van der Waals surface area contributed by atoms with E-state index in [0.717, 1.165) is 39.8 Å². The van der Waals surface area contributed by atoms with Gasteiger partial charge in [-0.2, -0.15) is 0 Å². The Kier molecular flexibility index (Phi) is 8.83. The van der Waals surface area contributed by atoms with Crippen LogP contribution in [-0.4, -0.2) is 82.5 Å². The third-order valence-corrected chi connectivity index (χ3v) is 4.48. The Balaban J connectivity index is 2.52. The fraction of sp³-hybridized carbons (Fsp3) is 0.476. The quantitative estimate of drug-likeness (QED) is 0.324. The summed E-state index contributed by atoms with van der Waals surface area (Å²) in [6, 6.07) is 1.69. The van der Waals surface area contributed by atoms with E-state index in [9.17, 15) is 34.2 Å². The third kappa shape index (κ3) is 7.20. The summed E-state index contributed by atoms with van der Waals surface area (Å²) in [5.74, 6) is -6.88. The van der Waals surface area contributed by atoms with E-state index in [1.807, 2.05) is 0 Å². The van der Waals surface area contributed by atoms with E-state index in [2.05, 4.69) is 0 Å². The fourth-order valence-corrected chi connectivity index (χ4v) is 3.29. The second kappa shape index (κ2) is 11.4. The number of phenols is 2. The minimum absolute atomic E-state index is 0.328. The van der Waals surface area contributed by atoms with E-state index < -0.39 is 84.2 Å². The summed E-state index contributed by atoms with van der Waals surface area (Å²) in [6.07, 6.45) is -7.39. The zero-order valence-electron chi connectivity index (χ0n) is 19.1. The van der Waals surface area contributed by atoms with Crippen LogP contribution >= 0.6 is 0 Å². The molecule has 5 unspecified atom stereocenters. The van der Waals surface area contributed by atoms with Gasteiger partial charge in [0.25, 0.3) is 0 Å². The van der Waals surface area contributed by atoms with Gasteiger partial charge in [0.05, 0.1) is 0 Å². The number of hydrogen-bond acceptors (Lipinski definition) is 13. The highest BCUT2D eigenvalue weighted by molar-refractivity contribution is 5.94. The first-order chi connectivity index (χ1) is 16.3. The van der Waals surface area contributed by atoms with Crippen LogP contribution in [0.3, 0.4) is 0 Å². The van der Waals surface area contributed by atoms with Crippen LogP contribution in [0.4, 0.5) is 0 Å². The van der Waals surface area contributed by atoms with E-state index in [1.165, 1.54) is 0 Å². The monoisotopic (exact) mass is 500 g/mol. The lowest BCUT2D eigenvalue weighted by atomic mass is 9.98. The number of carboxylic acids is 1. The molecule has 35 heavy (non-hydrogen) atoms. The van der Waals surface area contributed by atoms with Gasteiger partial charge in [-0.25, -0.2) is 4.79 Å². The molecule has 1 aliphatic rings. The Labute approximate surface area is 198 Å². The number of carboxylic acid groups (broad SMARTS) is 1. The largest absolute Gasteiger partial charge is 0.507 e. The molecule has 0 amide bonds.